The van der Waals surface area contributed by atoms with Crippen molar-refractivity contribution >= 4 is 30.1 Å². The number of carbonyl (C=O) groups is 3. The third kappa shape index (κ3) is 16.0. The van der Waals surface area contributed by atoms with Gasteiger partial charge in [-0.05, 0) is 110 Å². The highest BCUT2D eigenvalue weighted by atomic mass is 16.6. The zero-order valence-electron chi connectivity index (χ0n) is 31.6. The molecule has 1 heterocycles. The van der Waals surface area contributed by atoms with Crippen LogP contribution < -0.4 is 18.9 Å². The van der Waals surface area contributed by atoms with Crippen LogP contribution in [0.3, 0.4) is 0 Å². The van der Waals surface area contributed by atoms with Gasteiger partial charge in [0.25, 0.3) is 0 Å². The van der Waals surface area contributed by atoms with Crippen LogP contribution in [0, 0.1) is 0 Å². The fourth-order valence-corrected chi connectivity index (χ4v) is 5.51. The molecule has 4 rings (SSSR count). The van der Waals surface area contributed by atoms with E-state index in [2.05, 4.69) is 11.6 Å². The minimum absolute atomic E-state index is 0.108. The van der Waals surface area contributed by atoms with Crippen LogP contribution in [0.1, 0.15) is 91.8 Å². The van der Waals surface area contributed by atoms with Crippen molar-refractivity contribution in [3.8, 4) is 23.0 Å². The zero-order chi connectivity index (χ0) is 39.1. The van der Waals surface area contributed by atoms with Crippen LogP contribution in [-0.4, -0.2) is 54.4 Å². The van der Waals surface area contributed by atoms with Gasteiger partial charge in [-0.1, -0.05) is 75.8 Å². The van der Waals surface area contributed by atoms with Crippen molar-refractivity contribution in [2.45, 2.75) is 71.1 Å². The fourth-order valence-electron chi connectivity index (χ4n) is 5.51. The Morgan fingerprint density at radius 2 is 1.25 bits per heavy atom. The molecule has 10 heteroatoms. The van der Waals surface area contributed by atoms with E-state index in [0.717, 1.165) is 74.5 Å². The highest BCUT2D eigenvalue weighted by Crippen LogP contribution is 2.28. The molecule has 0 bridgehead atoms. The van der Waals surface area contributed by atoms with Gasteiger partial charge in [-0.15, -0.1) is 0 Å². The van der Waals surface area contributed by atoms with Gasteiger partial charge in [0, 0.05) is 18.0 Å². The van der Waals surface area contributed by atoms with Gasteiger partial charge < -0.3 is 28.8 Å². The summed E-state index contributed by atoms with van der Waals surface area (Å²) >= 11 is 0. The van der Waals surface area contributed by atoms with Crippen molar-refractivity contribution in [1.82, 2.24) is 4.98 Å². The van der Waals surface area contributed by atoms with Gasteiger partial charge in [-0.2, -0.15) is 0 Å². The monoisotopic (exact) mass is 749 g/mol. The lowest BCUT2D eigenvalue weighted by molar-refractivity contribution is -0.139. The Hall–Kier alpha value is -5.74. The Kier molecular flexibility index (Phi) is 18.2. The second kappa shape index (κ2) is 23.8. The number of benzene rings is 3. The summed E-state index contributed by atoms with van der Waals surface area (Å²) in [7, 11) is 0. The Bertz CT molecular complexity index is 1820. The molecule has 55 heavy (non-hydrogen) atoms. The van der Waals surface area contributed by atoms with Crippen molar-refractivity contribution in [2.75, 3.05) is 26.4 Å². The van der Waals surface area contributed by atoms with Crippen LogP contribution in [0.25, 0.3) is 12.2 Å². The predicted octanol–water partition coefficient (Wildman–Crippen LogP) is 9.00. The maximum absolute atomic E-state index is 13.1. The molecule has 0 fully saturated rings. The van der Waals surface area contributed by atoms with Gasteiger partial charge in [-0.25, -0.2) is 14.4 Å². The molecule has 0 amide bonds. The number of aryl methyl sites for hydroxylation is 1. The molecule has 0 radical (unpaired) electrons. The van der Waals surface area contributed by atoms with E-state index in [4.69, 9.17) is 28.8 Å². The summed E-state index contributed by atoms with van der Waals surface area (Å²) in [6.07, 6.45) is 17.4. The smallest absolute Gasteiger partial charge is 0.349 e. The number of hydrogen-bond acceptors (Lipinski definition) is 10. The number of aromatic nitrogens is 1. The molecule has 0 spiro atoms. The SMILES string of the molecule is C=C(C)C(=O)OCCCCCCCCCCCc1cc(OC(=O)COc2ccc(C=Cc3ccncc3)cc2)ccc1OC(=O)c1ccc(OCCO)cc1. The summed E-state index contributed by atoms with van der Waals surface area (Å²) in [5.41, 5.74) is 3.55. The Labute approximate surface area is 323 Å². The first-order chi connectivity index (χ1) is 26.8. The number of esters is 3. The van der Waals surface area contributed by atoms with Gasteiger partial charge in [0.2, 0.25) is 0 Å². The van der Waals surface area contributed by atoms with Crippen LogP contribution in [-0.2, 0) is 20.7 Å². The summed E-state index contributed by atoms with van der Waals surface area (Å²) in [5.74, 6) is 0.386. The number of hydrogen-bond donors (Lipinski definition) is 1. The first kappa shape index (κ1) is 42.0. The number of rotatable bonds is 24. The van der Waals surface area contributed by atoms with Gasteiger partial charge in [-0.3, -0.25) is 4.98 Å². The quantitative estimate of drug-likeness (QED) is 0.0321. The highest BCUT2D eigenvalue weighted by molar-refractivity contribution is 5.91. The number of aliphatic hydroxyl groups is 1. The van der Waals surface area contributed by atoms with E-state index in [1.165, 1.54) is 0 Å². The van der Waals surface area contributed by atoms with Crippen LogP contribution in [0.5, 0.6) is 23.0 Å². The Morgan fingerprint density at radius 1 is 0.673 bits per heavy atom. The Morgan fingerprint density at radius 3 is 1.91 bits per heavy atom. The molecule has 0 saturated carbocycles. The molecular weight excluding hydrogens is 698 g/mol. The highest BCUT2D eigenvalue weighted by Gasteiger charge is 2.15. The average molecular weight is 750 g/mol. The molecule has 0 saturated heterocycles. The molecule has 0 atom stereocenters. The largest absolute Gasteiger partial charge is 0.491 e. The first-order valence-corrected chi connectivity index (χ1v) is 18.8. The minimum Gasteiger partial charge on any atom is -0.491 e. The number of carbonyl (C=O) groups excluding carboxylic acids is 3. The molecule has 0 aliphatic heterocycles. The van der Waals surface area contributed by atoms with E-state index in [-0.39, 0.29) is 25.8 Å². The summed E-state index contributed by atoms with van der Waals surface area (Å²) in [6.45, 7) is 5.45. The van der Waals surface area contributed by atoms with Gasteiger partial charge in [0.05, 0.1) is 18.8 Å². The summed E-state index contributed by atoms with van der Waals surface area (Å²) in [4.78, 5) is 41.3. The number of aliphatic hydroxyl groups excluding tert-OH is 1. The standard InChI is InChI=1S/C45H51NO9/c1-34(2)44(49)52-30-11-9-7-5-3-4-6-8-10-12-38-32-41(23-24-42(38)55-45(50)37-17-21-39(22-18-37)51-31-29-47)54-43(48)33-53-40-19-15-35(16-20-40)13-14-36-25-27-46-28-26-36/h13-28,32,47H,1,3-12,29-31,33H2,2H3. The summed E-state index contributed by atoms with van der Waals surface area (Å²) in [6, 6.07) is 22.7. The lowest BCUT2D eigenvalue weighted by Crippen LogP contribution is -2.18. The van der Waals surface area contributed by atoms with E-state index < -0.39 is 11.9 Å². The Balaban J connectivity index is 1.27. The number of unbranched alkanes of at least 4 members (excludes halogenated alkanes) is 8. The second-order valence-corrected chi connectivity index (χ2v) is 13.0. The molecule has 1 aromatic heterocycles. The van der Waals surface area contributed by atoms with Crippen molar-refractivity contribution < 1.29 is 43.2 Å². The predicted molar refractivity (Wildman–Crippen MR) is 212 cm³/mol. The van der Waals surface area contributed by atoms with E-state index in [1.807, 2.05) is 36.4 Å². The molecule has 4 aromatic rings. The molecule has 0 aliphatic carbocycles. The van der Waals surface area contributed by atoms with Gasteiger partial charge in [0.1, 0.15) is 29.6 Å². The lowest BCUT2D eigenvalue weighted by Gasteiger charge is -2.13. The summed E-state index contributed by atoms with van der Waals surface area (Å²) < 4.78 is 27.7. The second-order valence-electron chi connectivity index (χ2n) is 13.0. The topological polar surface area (TPSA) is 130 Å². The fraction of sp³-hybridized carbons (Fsp3) is 0.333. The van der Waals surface area contributed by atoms with E-state index in [9.17, 15) is 14.4 Å². The molecule has 0 aliphatic rings. The van der Waals surface area contributed by atoms with E-state index in [0.29, 0.717) is 47.2 Å². The lowest BCUT2D eigenvalue weighted by atomic mass is 10.0. The molecular formula is C45H51NO9. The van der Waals surface area contributed by atoms with Crippen LogP contribution in [0.2, 0.25) is 0 Å². The molecule has 0 unspecified atom stereocenters. The first-order valence-electron chi connectivity index (χ1n) is 18.8. The minimum atomic E-state index is -0.561. The normalized spacial score (nSPS) is 10.9. The van der Waals surface area contributed by atoms with Crippen molar-refractivity contribution in [3.63, 3.8) is 0 Å². The maximum Gasteiger partial charge on any atom is 0.349 e. The maximum atomic E-state index is 13.1. The van der Waals surface area contributed by atoms with Crippen molar-refractivity contribution in [3.05, 3.63) is 126 Å². The zero-order valence-corrected chi connectivity index (χ0v) is 31.6. The van der Waals surface area contributed by atoms with Crippen molar-refractivity contribution in [2.24, 2.45) is 0 Å². The van der Waals surface area contributed by atoms with Crippen LogP contribution >= 0.6 is 0 Å². The number of pyridine rings is 1. The van der Waals surface area contributed by atoms with Crippen LogP contribution in [0.4, 0.5) is 0 Å². The third-order valence-electron chi connectivity index (χ3n) is 8.50. The van der Waals surface area contributed by atoms with Crippen molar-refractivity contribution in [1.29, 1.82) is 0 Å². The molecule has 3 aromatic carbocycles. The molecule has 10 nitrogen and oxygen atoms in total. The third-order valence-corrected chi connectivity index (χ3v) is 8.50. The van der Waals surface area contributed by atoms with Gasteiger partial charge >= 0.3 is 17.9 Å². The van der Waals surface area contributed by atoms with E-state index >= 15 is 0 Å². The summed E-state index contributed by atoms with van der Waals surface area (Å²) in [5, 5.41) is 8.99. The number of ether oxygens (including phenoxy) is 5. The van der Waals surface area contributed by atoms with Gasteiger partial charge in [0.15, 0.2) is 6.61 Å². The van der Waals surface area contributed by atoms with Crippen LogP contribution in [0.15, 0.2) is 103 Å². The van der Waals surface area contributed by atoms with E-state index in [1.54, 1.807) is 73.9 Å². The number of nitrogens with zero attached hydrogens (tertiary/aromatic N) is 1. The average Bonchev–Trinajstić information content (AvgIpc) is 3.20. The molecule has 1 N–H and O–H groups in total. The molecule has 290 valence electrons.